The Balaban J connectivity index is 2.02. The summed E-state index contributed by atoms with van der Waals surface area (Å²) in [5, 5.41) is 22.6. The standard InChI is InChI=1S/C22H15N3O5/c26-20(14-7-2-1-3-8-14)18-19(16-10-4-5-11-17(16)25(29)30)24(22(28)21(18)27)15-9-6-12-23-13-15/h1-13,19,26H. The van der Waals surface area contributed by atoms with E-state index in [-0.39, 0.29) is 22.5 Å². The number of hydrogen-bond donors (Lipinski definition) is 1. The lowest BCUT2D eigenvalue weighted by Crippen LogP contribution is -2.29. The molecule has 1 aromatic heterocycles. The lowest BCUT2D eigenvalue weighted by molar-refractivity contribution is -0.385. The van der Waals surface area contributed by atoms with E-state index in [1.165, 1.54) is 30.6 Å². The molecule has 0 spiro atoms. The van der Waals surface area contributed by atoms with Gasteiger partial charge in [0.2, 0.25) is 0 Å². The van der Waals surface area contributed by atoms with Crippen molar-refractivity contribution in [2.75, 3.05) is 4.90 Å². The second kappa shape index (κ2) is 7.59. The van der Waals surface area contributed by atoms with Gasteiger partial charge in [0.1, 0.15) is 11.8 Å². The van der Waals surface area contributed by atoms with Crippen LogP contribution in [0.1, 0.15) is 17.2 Å². The van der Waals surface area contributed by atoms with Crippen molar-refractivity contribution < 1.29 is 19.6 Å². The van der Waals surface area contributed by atoms with E-state index in [4.69, 9.17) is 0 Å². The summed E-state index contributed by atoms with van der Waals surface area (Å²) in [7, 11) is 0. The Kier molecular flexibility index (Phi) is 4.81. The Morgan fingerprint density at radius 2 is 1.70 bits per heavy atom. The number of rotatable bonds is 4. The number of benzene rings is 2. The van der Waals surface area contributed by atoms with Gasteiger partial charge in [-0.3, -0.25) is 29.6 Å². The van der Waals surface area contributed by atoms with E-state index in [9.17, 15) is 24.8 Å². The molecule has 4 rings (SSSR count). The molecule has 0 aliphatic carbocycles. The highest BCUT2D eigenvalue weighted by Gasteiger charge is 2.48. The first-order valence-electron chi connectivity index (χ1n) is 9.00. The van der Waals surface area contributed by atoms with E-state index in [0.29, 0.717) is 5.56 Å². The fourth-order valence-electron chi connectivity index (χ4n) is 3.53. The molecule has 3 aromatic rings. The molecular weight excluding hydrogens is 386 g/mol. The van der Waals surface area contributed by atoms with Crippen LogP contribution in [-0.4, -0.2) is 26.7 Å². The highest BCUT2D eigenvalue weighted by molar-refractivity contribution is 6.51. The molecule has 1 amide bonds. The van der Waals surface area contributed by atoms with Gasteiger partial charge in [-0.15, -0.1) is 0 Å². The predicted octanol–water partition coefficient (Wildman–Crippen LogP) is 3.62. The second-order valence-electron chi connectivity index (χ2n) is 6.56. The number of nitro benzene ring substituents is 1. The van der Waals surface area contributed by atoms with E-state index >= 15 is 0 Å². The molecule has 1 aliphatic rings. The Labute approximate surface area is 170 Å². The summed E-state index contributed by atoms with van der Waals surface area (Å²) in [6.07, 6.45) is 2.89. The number of carbonyl (C=O) groups excluding carboxylic acids is 2. The molecule has 1 saturated heterocycles. The van der Waals surface area contributed by atoms with Crippen LogP contribution in [0.5, 0.6) is 0 Å². The smallest absolute Gasteiger partial charge is 0.300 e. The zero-order valence-corrected chi connectivity index (χ0v) is 15.5. The largest absolute Gasteiger partial charge is 0.507 e. The van der Waals surface area contributed by atoms with Crippen molar-refractivity contribution in [3.8, 4) is 0 Å². The number of carbonyl (C=O) groups is 2. The third-order valence-corrected chi connectivity index (χ3v) is 4.84. The van der Waals surface area contributed by atoms with Crippen LogP contribution in [0.4, 0.5) is 11.4 Å². The molecule has 8 heteroatoms. The first kappa shape index (κ1) is 19.0. The van der Waals surface area contributed by atoms with Crippen LogP contribution in [0.25, 0.3) is 5.76 Å². The normalized spacial score (nSPS) is 17.9. The van der Waals surface area contributed by atoms with Crippen molar-refractivity contribution in [3.63, 3.8) is 0 Å². The minimum atomic E-state index is -1.18. The first-order valence-corrected chi connectivity index (χ1v) is 9.00. The molecule has 1 aliphatic heterocycles. The molecule has 1 fully saturated rings. The molecule has 0 bridgehead atoms. The summed E-state index contributed by atoms with van der Waals surface area (Å²) < 4.78 is 0. The number of nitrogens with zero attached hydrogens (tertiary/aromatic N) is 3. The second-order valence-corrected chi connectivity index (χ2v) is 6.56. The number of para-hydroxylation sites is 1. The van der Waals surface area contributed by atoms with E-state index < -0.39 is 28.4 Å². The van der Waals surface area contributed by atoms with Gasteiger partial charge in [0.25, 0.3) is 17.4 Å². The van der Waals surface area contributed by atoms with Gasteiger partial charge in [-0.1, -0.05) is 42.5 Å². The van der Waals surface area contributed by atoms with Crippen molar-refractivity contribution in [2.24, 2.45) is 0 Å². The third kappa shape index (κ3) is 3.10. The number of hydrogen-bond acceptors (Lipinski definition) is 6. The summed E-state index contributed by atoms with van der Waals surface area (Å²) in [5.74, 6) is -2.23. The van der Waals surface area contributed by atoms with E-state index in [1.807, 2.05) is 0 Å². The van der Waals surface area contributed by atoms with Gasteiger partial charge < -0.3 is 5.11 Å². The predicted molar refractivity (Wildman–Crippen MR) is 109 cm³/mol. The lowest BCUT2D eigenvalue weighted by Gasteiger charge is -2.24. The molecule has 1 unspecified atom stereocenters. The third-order valence-electron chi connectivity index (χ3n) is 4.84. The maximum atomic E-state index is 13.0. The average molecular weight is 401 g/mol. The van der Waals surface area contributed by atoms with Gasteiger partial charge >= 0.3 is 0 Å². The molecule has 0 saturated carbocycles. The lowest BCUT2D eigenvalue weighted by atomic mass is 9.94. The zero-order valence-electron chi connectivity index (χ0n) is 15.5. The monoisotopic (exact) mass is 401 g/mol. The topological polar surface area (TPSA) is 114 Å². The van der Waals surface area contributed by atoms with Crippen molar-refractivity contribution in [2.45, 2.75) is 6.04 Å². The molecule has 148 valence electrons. The Bertz CT molecular complexity index is 1180. The van der Waals surface area contributed by atoms with Gasteiger partial charge in [0, 0.05) is 17.8 Å². The molecule has 1 atom stereocenters. The Morgan fingerprint density at radius 3 is 2.37 bits per heavy atom. The Hall–Kier alpha value is -4.33. The highest BCUT2D eigenvalue weighted by Crippen LogP contribution is 2.44. The van der Waals surface area contributed by atoms with Crippen molar-refractivity contribution >= 4 is 28.8 Å². The summed E-state index contributed by atoms with van der Waals surface area (Å²) in [4.78, 5) is 42.1. The van der Waals surface area contributed by atoms with Crippen LogP contribution in [0.2, 0.25) is 0 Å². The molecule has 1 N–H and O–H groups in total. The maximum Gasteiger partial charge on any atom is 0.300 e. The summed E-state index contributed by atoms with van der Waals surface area (Å²) >= 11 is 0. The van der Waals surface area contributed by atoms with Gasteiger partial charge in [-0.05, 0) is 18.2 Å². The number of anilines is 1. The van der Waals surface area contributed by atoms with Crippen molar-refractivity contribution in [1.82, 2.24) is 4.98 Å². The zero-order chi connectivity index (χ0) is 21.3. The van der Waals surface area contributed by atoms with Crippen LogP contribution in [0.3, 0.4) is 0 Å². The van der Waals surface area contributed by atoms with Crippen LogP contribution in [0.15, 0.2) is 84.7 Å². The Morgan fingerprint density at radius 1 is 1.00 bits per heavy atom. The fourth-order valence-corrected chi connectivity index (χ4v) is 3.53. The quantitative estimate of drug-likeness (QED) is 0.235. The summed E-state index contributed by atoms with van der Waals surface area (Å²) in [6.45, 7) is 0. The molecular formula is C22H15N3O5. The molecule has 8 nitrogen and oxygen atoms in total. The number of amides is 1. The fraction of sp³-hybridized carbons (Fsp3) is 0.0455. The van der Waals surface area contributed by atoms with Gasteiger partial charge in [-0.2, -0.15) is 0 Å². The van der Waals surface area contributed by atoms with Gasteiger partial charge in [-0.25, -0.2) is 0 Å². The van der Waals surface area contributed by atoms with E-state index in [2.05, 4.69) is 4.98 Å². The summed E-state index contributed by atoms with van der Waals surface area (Å²) in [5.41, 5.74) is 0.241. The van der Waals surface area contributed by atoms with Gasteiger partial charge in [0.05, 0.1) is 27.9 Å². The number of nitro groups is 1. The van der Waals surface area contributed by atoms with E-state index in [0.717, 1.165) is 4.90 Å². The van der Waals surface area contributed by atoms with Crippen LogP contribution < -0.4 is 4.90 Å². The van der Waals surface area contributed by atoms with E-state index in [1.54, 1.807) is 48.5 Å². The van der Waals surface area contributed by atoms with Gasteiger partial charge in [0.15, 0.2) is 0 Å². The number of aromatic nitrogens is 1. The molecule has 2 aromatic carbocycles. The van der Waals surface area contributed by atoms with Crippen LogP contribution >= 0.6 is 0 Å². The van der Waals surface area contributed by atoms with Crippen LogP contribution in [-0.2, 0) is 9.59 Å². The SMILES string of the molecule is O=C1C(=O)N(c2cccnc2)C(c2ccccc2[N+](=O)[O-])C1=C(O)c1ccccc1. The number of ketones is 1. The number of Topliss-reactive ketones (excluding diaryl/α,β-unsaturated/α-hetero) is 1. The van der Waals surface area contributed by atoms with Crippen molar-refractivity contribution in [1.29, 1.82) is 0 Å². The number of aliphatic hydroxyl groups excluding tert-OH is 1. The highest BCUT2D eigenvalue weighted by atomic mass is 16.6. The van der Waals surface area contributed by atoms with Crippen molar-refractivity contribution in [3.05, 3.63) is 106 Å². The number of aliphatic hydroxyl groups is 1. The first-order chi connectivity index (χ1) is 14.5. The van der Waals surface area contributed by atoms with Crippen LogP contribution in [0, 0.1) is 10.1 Å². The summed E-state index contributed by atoms with van der Waals surface area (Å²) in [6, 6.07) is 16.1. The average Bonchev–Trinajstić information content (AvgIpc) is 3.05. The molecule has 0 radical (unpaired) electrons. The molecule has 30 heavy (non-hydrogen) atoms. The maximum absolute atomic E-state index is 13.0. The minimum absolute atomic E-state index is 0.114. The minimum Gasteiger partial charge on any atom is -0.507 e. The number of pyridine rings is 1. The molecule has 2 heterocycles.